The Bertz CT molecular complexity index is 469. The van der Waals surface area contributed by atoms with Crippen LogP contribution in [0.3, 0.4) is 0 Å². The van der Waals surface area contributed by atoms with Gasteiger partial charge in [0.15, 0.2) is 0 Å². The van der Waals surface area contributed by atoms with Crippen LogP contribution < -0.4 is 5.32 Å². The number of hydrogen-bond donors (Lipinski definition) is 1. The van der Waals surface area contributed by atoms with Crippen molar-refractivity contribution in [2.24, 2.45) is 5.92 Å². The molecule has 1 aliphatic rings. The zero-order valence-electron chi connectivity index (χ0n) is 9.87. The van der Waals surface area contributed by atoms with Gasteiger partial charge in [0.05, 0.1) is 5.69 Å². The summed E-state index contributed by atoms with van der Waals surface area (Å²) in [6.07, 6.45) is 5.81. The third kappa shape index (κ3) is 2.16. The summed E-state index contributed by atoms with van der Waals surface area (Å²) in [6, 6.07) is 8.96. The quantitative estimate of drug-likeness (QED) is 0.877. The summed E-state index contributed by atoms with van der Waals surface area (Å²) in [7, 11) is 0. The van der Waals surface area contributed by atoms with Crippen LogP contribution in [0.4, 0.5) is 5.69 Å². The molecule has 1 aromatic carbocycles. The Kier molecular flexibility index (Phi) is 2.55. The summed E-state index contributed by atoms with van der Waals surface area (Å²) in [5, 5.41) is 7.64. The molecule has 1 fully saturated rings. The molecule has 4 nitrogen and oxygen atoms in total. The highest BCUT2D eigenvalue weighted by Crippen LogP contribution is 2.29. The standard InChI is InChI=1S/C13H16N4/c1-10-6-12(7-10)16-11-2-4-13(5-3-11)17-9-14-8-15-17/h2-5,8-10,12,16H,6-7H2,1H3. The van der Waals surface area contributed by atoms with E-state index in [1.165, 1.54) is 18.5 Å². The second-order valence-electron chi connectivity index (χ2n) is 4.80. The molecule has 2 aromatic rings. The maximum Gasteiger partial charge on any atom is 0.138 e. The van der Waals surface area contributed by atoms with Crippen LogP contribution >= 0.6 is 0 Å². The summed E-state index contributed by atoms with van der Waals surface area (Å²) < 4.78 is 1.76. The van der Waals surface area contributed by atoms with E-state index in [0.29, 0.717) is 6.04 Å². The van der Waals surface area contributed by atoms with E-state index in [1.807, 2.05) is 0 Å². The summed E-state index contributed by atoms with van der Waals surface area (Å²) in [6.45, 7) is 2.30. The zero-order chi connectivity index (χ0) is 11.7. The fourth-order valence-corrected chi connectivity index (χ4v) is 2.31. The van der Waals surface area contributed by atoms with Crippen molar-refractivity contribution in [3.8, 4) is 5.69 Å². The molecule has 0 amide bonds. The minimum absolute atomic E-state index is 0.655. The van der Waals surface area contributed by atoms with Crippen LogP contribution in [0.5, 0.6) is 0 Å². The van der Waals surface area contributed by atoms with Crippen LogP contribution in [0.25, 0.3) is 5.69 Å². The van der Waals surface area contributed by atoms with E-state index in [0.717, 1.165) is 11.6 Å². The molecule has 0 unspecified atom stereocenters. The zero-order valence-corrected chi connectivity index (χ0v) is 9.87. The monoisotopic (exact) mass is 228 g/mol. The molecular weight excluding hydrogens is 212 g/mol. The maximum absolute atomic E-state index is 4.10. The second-order valence-corrected chi connectivity index (χ2v) is 4.80. The van der Waals surface area contributed by atoms with E-state index >= 15 is 0 Å². The van der Waals surface area contributed by atoms with Crippen molar-refractivity contribution in [2.75, 3.05) is 5.32 Å². The SMILES string of the molecule is CC1CC(Nc2ccc(-n3cncn3)cc2)C1. The molecule has 0 aliphatic heterocycles. The summed E-state index contributed by atoms with van der Waals surface area (Å²) in [5.74, 6) is 0.877. The molecule has 1 heterocycles. The lowest BCUT2D eigenvalue weighted by Gasteiger charge is -2.34. The van der Waals surface area contributed by atoms with Crippen LogP contribution in [-0.4, -0.2) is 20.8 Å². The number of nitrogens with one attached hydrogen (secondary N) is 1. The lowest BCUT2D eigenvalue weighted by Crippen LogP contribution is -2.33. The third-order valence-corrected chi connectivity index (χ3v) is 3.30. The number of nitrogens with zero attached hydrogens (tertiary/aromatic N) is 3. The minimum atomic E-state index is 0.655. The first-order valence-electron chi connectivity index (χ1n) is 6.03. The van der Waals surface area contributed by atoms with E-state index in [-0.39, 0.29) is 0 Å². The largest absolute Gasteiger partial charge is 0.382 e. The molecule has 88 valence electrons. The highest BCUT2D eigenvalue weighted by Gasteiger charge is 2.24. The molecule has 1 aliphatic carbocycles. The van der Waals surface area contributed by atoms with Crippen molar-refractivity contribution >= 4 is 5.69 Å². The molecular formula is C13H16N4. The normalized spacial score (nSPS) is 23.1. The van der Waals surface area contributed by atoms with Gasteiger partial charge in [-0.05, 0) is 43.0 Å². The van der Waals surface area contributed by atoms with Crippen molar-refractivity contribution in [2.45, 2.75) is 25.8 Å². The van der Waals surface area contributed by atoms with Gasteiger partial charge in [-0.2, -0.15) is 5.10 Å². The van der Waals surface area contributed by atoms with Gasteiger partial charge in [0.2, 0.25) is 0 Å². The molecule has 0 radical (unpaired) electrons. The Morgan fingerprint density at radius 2 is 2.00 bits per heavy atom. The lowest BCUT2D eigenvalue weighted by molar-refractivity contribution is 0.309. The minimum Gasteiger partial charge on any atom is -0.382 e. The van der Waals surface area contributed by atoms with Crippen molar-refractivity contribution < 1.29 is 0 Å². The summed E-state index contributed by atoms with van der Waals surface area (Å²) in [4.78, 5) is 3.94. The number of rotatable bonds is 3. The van der Waals surface area contributed by atoms with Crippen LogP contribution in [0.1, 0.15) is 19.8 Å². The Labute approximate surface area is 101 Å². The van der Waals surface area contributed by atoms with Crippen LogP contribution in [-0.2, 0) is 0 Å². The highest BCUT2D eigenvalue weighted by atomic mass is 15.3. The predicted octanol–water partition coefficient (Wildman–Crippen LogP) is 2.48. The van der Waals surface area contributed by atoms with Crippen molar-refractivity contribution in [1.82, 2.24) is 14.8 Å². The summed E-state index contributed by atoms with van der Waals surface area (Å²) >= 11 is 0. The van der Waals surface area contributed by atoms with E-state index in [4.69, 9.17) is 0 Å². The smallest absolute Gasteiger partial charge is 0.138 e. The van der Waals surface area contributed by atoms with Gasteiger partial charge in [-0.3, -0.25) is 0 Å². The van der Waals surface area contributed by atoms with Crippen LogP contribution in [0.2, 0.25) is 0 Å². The van der Waals surface area contributed by atoms with Crippen molar-refractivity contribution in [1.29, 1.82) is 0 Å². The van der Waals surface area contributed by atoms with Gasteiger partial charge in [0.1, 0.15) is 12.7 Å². The van der Waals surface area contributed by atoms with Gasteiger partial charge < -0.3 is 5.32 Å². The number of aromatic nitrogens is 3. The van der Waals surface area contributed by atoms with Crippen molar-refractivity contribution in [3.63, 3.8) is 0 Å². The molecule has 0 saturated heterocycles. The number of benzene rings is 1. The maximum atomic E-state index is 4.10. The summed E-state index contributed by atoms with van der Waals surface area (Å²) in [5.41, 5.74) is 2.22. The Morgan fingerprint density at radius 3 is 2.59 bits per heavy atom. The first-order valence-corrected chi connectivity index (χ1v) is 6.03. The molecule has 1 aromatic heterocycles. The predicted molar refractivity (Wildman–Crippen MR) is 67.2 cm³/mol. The average molecular weight is 228 g/mol. The average Bonchev–Trinajstić information content (AvgIpc) is 2.81. The Hall–Kier alpha value is -1.84. The fraction of sp³-hybridized carbons (Fsp3) is 0.385. The highest BCUT2D eigenvalue weighted by molar-refractivity contribution is 5.49. The molecule has 17 heavy (non-hydrogen) atoms. The second kappa shape index (κ2) is 4.20. The molecule has 1 saturated carbocycles. The van der Waals surface area contributed by atoms with Gasteiger partial charge in [0.25, 0.3) is 0 Å². The topological polar surface area (TPSA) is 42.7 Å². The van der Waals surface area contributed by atoms with E-state index < -0.39 is 0 Å². The molecule has 0 spiro atoms. The van der Waals surface area contributed by atoms with E-state index in [1.54, 1.807) is 17.3 Å². The van der Waals surface area contributed by atoms with E-state index in [9.17, 15) is 0 Å². The third-order valence-electron chi connectivity index (χ3n) is 3.30. The molecule has 4 heteroatoms. The van der Waals surface area contributed by atoms with Gasteiger partial charge in [-0.25, -0.2) is 9.67 Å². The first kappa shape index (κ1) is 10.3. The Morgan fingerprint density at radius 1 is 1.24 bits per heavy atom. The lowest BCUT2D eigenvalue weighted by atomic mass is 9.82. The molecule has 0 bridgehead atoms. The van der Waals surface area contributed by atoms with Crippen LogP contribution in [0, 0.1) is 5.92 Å². The molecule has 1 N–H and O–H groups in total. The van der Waals surface area contributed by atoms with E-state index in [2.05, 4.69) is 46.6 Å². The van der Waals surface area contributed by atoms with Gasteiger partial charge in [-0.15, -0.1) is 0 Å². The fourth-order valence-electron chi connectivity index (χ4n) is 2.31. The van der Waals surface area contributed by atoms with Gasteiger partial charge in [0, 0.05) is 11.7 Å². The first-order chi connectivity index (χ1) is 8.31. The number of hydrogen-bond acceptors (Lipinski definition) is 3. The van der Waals surface area contributed by atoms with Crippen LogP contribution in [0.15, 0.2) is 36.9 Å². The van der Waals surface area contributed by atoms with Gasteiger partial charge >= 0.3 is 0 Å². The number of anilines is 1. The molecule has 3 rings (SSSR count). The molecule has 0 atom stereocenters. The van der Waals surface area contributed by atoms with Gasteiger partial charge in [-0.1, -0.05) is 6.92 Å². The van der Waals surface area contributed by atoms with Crippen molar-refractivity contribution in [3.05, 3.63) is 36.9 Å². The Balaban J connectivity index is 1.68.